The van der Waals surface area contributed by atoms with Crippen LogP contribution in [-0.4, -0.2) is 29.1 Å². The van der Waals surface area contributed by atoms with Gasteiger partial charge in [-0.15, -0.1) is 11.3 Å². The van der Waals surface area contributed by atoms with Crippen LogP contribution in [0.15, 0.2) is 6.07 Å². The maximum Gasteiger partial charge on any atom is 0.345 e. The number of carbonyl (C=O) groups is 1. The number of unbranched alkanes of at least 4 members (excludes halogenated alkanes) is 2. The zero-order chi connectivity index (χ0) is 12.3. The first-order valence-electron chi connectivity index (χ1n) is 6.28. The van der Waals surface area contributed by atoms with Gasteiger partial charge in [0.15, 0.2) is 0 Å². The van der Waals surface area contributed by atoms with Crippen LogP contribution in [0.4, 0.5) is 0 Å². The van der Waals surface area contributed by atoms with Crippen molar-refractivity contribution in [3.8, 4) is 0 Å². The van der Waals surface area contributed by atoms with Crippen molar-refractivity contribution < 1.29 is 9.90 Å². The maximum atomic E-state index is 10.9. The van der Waals surface area contributed by atoms with Gasteiger partial charge in [-0.3, -0.25) is 4.90 Å². The van der Waals surface area contributed by atoms with E-state index in [0.717, 1.165) is 26.1 Å². The van der Waals surface area contributed by atoms with Crippen molar-refractivity contribution in [1.29, 1.82) is 0 Å². The molecule has 1 aromatic rings. The average Bonchev–Trinajstić information content (AvgIpc) is 2.72. The van der Waals surface area contributed by atoms with Gasteiger partial charge in [0, 0.05) is 18.0 Å². The van der Waals surface area contributed by atoms with E-state index >= 15 is 0 Å². The van der Waals surface area contributed by atoms with Crippen molar-refractivity contribution in [3.05, 3.63) is 21.4 Å². The Hall–Kier alpha value is -0.870. The van der Waals surface area contributed by atoms with Gasteiger partial charge in [0.25, 0.3) is 0 Å². The van der Waals surface area contributed by atoms with E-state index < -0.39 is 5.97 Å². The molecule has 0 radical (unpaired) electrons. The number of carboxylic acids is 1. The fourth-order valence-electron chi connectivity index (χ4n) is 2.27. The van der Waals surface area contributed by atoms with Crippen molar-refractivity contribution in [3.63, 3.8) is 0 Å². The van der Waals surface area contributed by atoms with Gasteiger partial charge in [0.05, 0.1) is 0 Å². The molecule has 1 aliphatic rings. The van der Waals surface area contributed by atoms with Gasteiger partial charge >= 0.3 is 5.97 Å². The predicted octanol–water partition coefficient (Wildman–Crippen LogP) is 2.99. The largest absolute Gasteiger partial charge is 0.477 e. The van der Waals surface area contributed by atoms with E-state index in [-0.39, 0.29) is 0 Å². The molecule has 0 fully saturated rings. The number of rotatable bonds is 5. The summed E-state index contributed by atoms with van der Waals surface area (Å²) < 4.78 is 0. The average molecular weight is 253 g/mol. The Kier molecular flexibility index (Phi) is 4.18. The molecular formula is C13H19NO2S. The molecule has 0 aromatic carbocycles. The van der Waals surface area contributed by atoms with Crippen molar-refractivity contribution in [2.75, 3.05) is 13.1 Å². The monoisotopic (exact) mass is 253 g/mol. The van der Waals surface area contributed by atoms with E-state index in [4.69, 9.17) is 5.11 Å². The summed E-state index contributed by atoms with van der Waals surface area (Å²) in [5.74, 6) is -0.790. The number of thiophene rings is 1. The Morgan fingerprint density at radius 2 is 2.35 bits per heavy atom. The zero-order valence-corrected chi connectivity index (χ0v) is 11.1. The highest BCUT2D eigenvalue weighted by Crippen LogP contribution is 2.28. The number of nitrogens with zero attached hydrogens (tertiary/aromatic N) is 1. The molecule has 1 N–H and O–H groups in total. The lowest BCUT2D eigenvalue weighted by Gasteiger charge is -2.26. The maximum absolute atomic E-state index is 10.9. The highest BCUT2D eigenvalue weighted by atomic mass is 32.1. The molecule has 0 atom stereocenters. The van der Waals surface area contributed by atoms with E-state index in [1.807, 2.05) is 6.07 Å². The van der Waals surface area contributed by atoms with Crippen molar-refractivity contribution in [1.82, 2.24) is 4.90 Å². The van der Waals surface area contributed by atoms with E-state index in [0.29, 0.717) is 4.88 Å². The second-order valence-corrected chi connectivity index (χ2v) is 5.73. The third-order valence-corrected chi connectivity index (χ3v) is 4.46. The molecule has 1 aliphatic heterocycles. The summed E-state index contributed by atoms with van der Waals surface area (Å²) in [5.41, 5.74) is 1.23. The van der Waals surface area contributed by atoms with E-state index in [2.05, 4.69) is 11.8 Å². The summed E-state index contributed by atoms with van der Waals surface area (Å²) >= 11 is 1.45. The van der Waals surface area contributed by atoms with Gasteiger partial charge in [0.1, 0.15) is 4.88 Å². The van der Waals surface area contributed by atoms with Crippen LogP contribution in [0.25, 0.3) is 0 Å². The molecule has 0 aliphatic carbocycles. The first-order valence-corrected chi connectivity index (χ1v) is 7.09. The molecule has 0 spiro atoms. The SMILES string of the molecule is CCCCCN1CCc2sc(C(=O)O)cc2C1. The summed E-state index contributed by atoms with van der Waals surface area (Å²) in [4.78, 5) is 15.1. The molecule has 0 saturated heterocycles. The molecule has 0 amide bonds. The van der Waals surface area contributed by atoms with E-state index in [9.17, 15) is 4.79 Å². The fraction of sp³-hybridized carbons (Fsp3) is 0.615. The van der Waals surface area contributed by atoms with Crippen LogP contribution in [-0.2, 0) is 13.0 Å². The molecule has 2 rings (SSSR count). The van der Waals surface area contributed by atoms with Gasteiger partial charge in [-0.2, -0.15) is 0 Å². The molecule has 94 valence electrons. The summed E-state index contributed by atoms with van der Waals surface area (Å²) in [6, 6.07) is 1.86. The highest BCUT2D eigenvalue weighted by Gasteiger charge is 2.20. The van der Waals surface area contributed by atoms with Gasteiger partial charge in [-0.25, -0.2) is 4.79 Å². The van der Waals surface area contributed by atoms with Crippen molar-refractivity contribution in [2.24, 2.45) is 0 Å². The molecule has 2 heterocycles. The van der Waals surface area contributed by atoms with Crippen LogP contribution in [0.1, 0.15) is 46.3 Å². The second-order valence-electron chi connectivity index (χ2n) is 4.60. The van der Waals surface area contributed by atoms with Crippen LogP contribution >= 0.6 is 11.3 Å². The number of fused-ring (bicyclic) bond motifs is 1. The van der Waals surface area contributed by atoms with Gasteiger partial charge in [-0.05, 0) is 31.0 Å². The van der Waals surface area contributed by atoms with Crippen LogP contribution in [0.3, 0.4) is 0 Å². The standard InChI is InChI=1S/C13H19NO2S/c1-2-3-4-6-14-7-5-11-10(9-14)8-12(17-11)13(15)16/h8H,2-7,9H2,1H3,(H,15,16). The molecule has 0 bridgehead atoms. The quantitative estimate of drug-likeness (QED) is 0.820. The van der Waals surface area contributed by atoms with Crippen molar-refractivity contribution in [2.45, 2.75) is 39.2 Å². The van der Waals surface area contributed by atoms with Gasteiger partial charge < -0.3 is 5.11 Å². The van der Waals surface area contributed by atoms with Crippen LogP contribution in [0, 0.1) is 0 Å². The second kappa shape index (κ2) is 5.65. The third-order valence-electron chi connectivity index (χ3n) is 3.23. The Labute approximate surface area is 106 Å². The van der Waals surface area contributed by atoms with E-state index in [1.165, 1.54) is 41.0 Å². The molecule has 0 unspecified atom stereocenters. The molecule has 0 saturated carbocycles. The summed E-state index contributed by atoms with van der Waals surface area (Å²) in [5, 5.41) is 8.97. The highest BCUT2D eigenvalue weighted by molar-refractivity contribution is 7.14. The number of hydrogen-bond donors (Lipinski definition) is 1. The first-order chi connectivity index (χ1) is 8.20. The Morgan fingerprint density at radius 3 is 3.06 bits per heavy atom. The number of aromatic carboxylic acids is 1. The molecule has 1 aromatic heterocycles. The summed E-state index contributed by atoms with van der Waals surface area (Å²) in [7, 11) is 0. The topological polar surface area (TPSA) is 40.5 Å². The predicted molar refractivity (Wildman–Crippen MR) is 69.8 cm³/mol. The van der Waals surface area contributed by atoms with Gasteiger partial charge in [-0.1, -0.05) is 19.8 Å². The number of hydrogen-bond acceptors (Lipinski definition) is 3. The molecule has 4 heteroatoms. The minimum absolute atomic E-state index is 0.491. The Morgan fingerprint density at radius 1 is 1.53 bits per heavy atom. The Bertz CT molecular complexity index is 400. The van der Waals surface area contributed by atoms with Crippen LogP contribution in [0.2, 0.25) is 0 Å². The lowest BCUT2D eigenvalue weighted by atomic mass is 10.1. The first kappa shape index (κ1) is 12.6. The lowest BCUT2D eigenvalue weighted by molar-refractivity contribution is 0.0702. The van der Waals surface area contributed by atoms with Crippen molar-refractivity contribution >= 4 is 17.3 Å². The van der Waals surface area contributed by atoms with Crippen LogP contribution < -0.4 is 0 Å². The van der Waals surface area contributed by atoms with Gasteiger partial charge in [0.2, 0.25) is 0 Å². The minimum Gasteiger partial charge on any atom is -0.477 e. The fourth-order valence-corrected chi connectivity index (χ4v) is 3.28. The number of carboxylic acid groups (broad SMARTS) is 1. The lowest BCUT2D eigenvalue weighted by Crippen LogP contribution is -2.30. The third kappa shape index (κ3) is 3.07. The molecule has 3 nitrogen and oxygen atoms in total. The van der Waals surface area contributed by atoms with E-state index in [1.54, 1.807) is 0 Å². The Balaban J connectivity index is 1.96. The zero-order valence-electron chi connectivity index (χ0n) is 10.2. The summed E-state index contributed by atoms with van der Waals surface area (Å²) in [6.45, 7) is 5.37. The summed E-state index contributed by atoms with van der Waals surface area (Å²) in [6.07, 6.45) is 4.80. The minimum atomic E-state index is -0.790. The van der Waals surface area contributed by atoms with Crippen LogP contribution in [0.5, 0.6) is 0 Å². The normalized spacial score (nSPS) is 15.8. The molecular weight excluding hydrogens is 234 g/mol. The molecule has 17 heavy (non-hydrogen) atoms. The smallest absolute Gasteiger partial charge is 0.345 e.